The van der Waals surface area contributed by atoms with Crippen molar-refractivity contribution in [3.05, 3.63) is 39.6 Å². The molecule has 0 unspecified atom stereocenters. The summed E-state index contributed by atoms with van der Waals surface area (Å²) in [6, 6.07) is 5.29. The summed E-state index contributed by atoms with van der Waals surface area (Å²) in [5, 5.41) is 9.25. The summed E-state index contributed by atoms with van der Waals surface area (Å²) in [6.45, 7) is 0.186. The van der Waals surface area contributed by atoms with Crippen LogP contribution in [0.4, 0.5) is 0 Å². The fraction of sp³-hybridized carbons (Fsp3) is 0.200. The molecule has 3 rings (SSSR count). The number of carboxylic acid groups (broad SMARTS) is 1. The first kappa shape index (κ1) is 15.1. The third-order valence-corrected chi connectivity index (χ3v) is 5.75. The highest BCUT2D eigenvalue weighted by Crippen LogP contribution is 2.39. The number of rotatable bonds is 4. The van der Waals surface area contributed by atoms with Crippen molar-refractivity contribution in [1.29, 1.82) is 0 Å². The van der Waals surface area contributed by atoms with Gasteiger partial charge in [-0.3, -0.25) is 4.79 Å². The summed E-state index contributed by atoms with van der Waals surface area (Å²) in [7, 11) is 0. The van der Waals surface area contributed by atoms with Crippen molar-refractivity contribution >= 4 is 41.4 Å². The van der Waals surface area contributed by atoms with Gasteiger partial charge in [0.25, 0.3) is 0 Å². The van der Waals surface area contributed by atoms with E-state index in [0.717, 1.165) is 17.1 Å². The molecule has 0 radical (unpaired) electrons. The lowest BCUT2D eigenvalue weighted by atomic mass is 10.1. The predicted molar refractivity (Wildman–Crippen MR) is 86.2 cm³/mol. The van der Waals surface area contributed by atoms with Gasteiger partial charge in [0.15, 0.2) is 17.3 Å². The SMILES string of the molecule is O=C(O)C(C(=O)/C=C/c1ccc2c(c1)OCO2)=C1SCCS1. The van der Waals surface area contributed by atoms with Gasteiger partial charge < -0.3 is 14.6 Å². The molecule has 1 aromatic carbocycles. The summed E-state index contributed by atoms with van der Waals surface area (Å²) in [6.07, 6.45) is 2.87. The van der Waals surface area contributed by atoms with E-state index in [0.29, 0.717) is 15.7 Å². The van der Waals surface area contributed by atoms with Gasteiger partial charge >= 0.3 is 5.97 Å². The summed E-state index contributed by atoms with van der Waals surface area (Å²) in [4.78, 5) is 23.5. The minimum atomic E-state index is -1.18. The first-order valence-corrected chi connectivity index (χ1v) is 8.47. The minimum Gasteiger partial charge on any atom is -0.477 e. The first-order chi connectivity index (χ1) is 10.6. The largest absolute Gasteiger partial charge is 0.477 e. The molecule has 7 heteroatoms. The molecule has 1 aromatic rings. The topological polar surface area (TPSA) is 72.8 Å². The molecule has 114 valence electrons. The van der Waals surface area contributed by atoms with Crippen LogP contribution in [0, 0.1) is 0 Å². The Bertz CT molecular complexity index is 685. The number of carbonyl (C=O) groups excluding carboxylic acids is 1. The highest BCUT2D eigenvalue weighted by molar-refractivity contribution is 8.25. The highest BCUT2D eigenvalue weighted by atomic mass is 32.2. The average molecular weight is 336 g/mol. The number of thioether (sulfide) groups is 2. The second-order valence-corrected chi connectivity index (χ2v) is 6.94. The zero-order valence-corrected chi connectivity index (χ0v) is 13.0. The Labute approximate surface area is 135 Å². The van der Waals surface area contributed by atoms with Crippen LogP contribution in [0.1, 0.15) is 5.56 Å². The van der Waals surface area contributed by atoms with Crippen LogP contribution >= 0.6 is 23.5 Å². The Kier molecular flexibility index (Phi) is 4.44. The zero-order chi connectivity index (χ0) is 15.5. The number of carboxylic acids is 1. The number of ether oxygens (including phenoxy) is 2. The van der Waals surface area contributed by atoms with E-state index in [1.807, 2.05) is 0 Å². The van der Waals surface area contributed by atoms with Crippen LogP contribution in [-0.2, 0) is 9.59 Å². The number of hydrogen-bond donors (Lipinski definition) is 1. The molecular weight excluding hydrogens is 324 g/mol. The Morgan fingerprint density at radius 3 is 2.59 bits per heavy atom. The normalized spacial score (nSPS) is 16.3. The molecule has 2 aliphatic heterocycles. The van der Waals surface area contributed by atoms with Crippen LogP contribution in [-0.4, -0.2) is 35.2 Å². The van der Waals surface area contributed by atoms with Gasteiger partial charge in [-0.15, -0.1) is 23.5 Å². The van der Waals surface area contributed by atoms with E-state index in [4.69, 9.17) is 9.47 Å². The average Bonchev–Trinajstić information content (AvgIpc) is 3.15. The van der Waals surface area contributed by atoms with Crippen molar-refractivity contribution in [3.8, 4) is 11.5 Å². The lowest BCUT2D eigenvalue weighted by Crippen LogP contribution is -2.11. The van der Waals surface area contributed by atoms with Crippen molar-refractivity contribution in [3.63, 3.8) is 0 Å². The highest BCUT2D eigenvalue weighted by Gasteiger charge is 2.24. The first-order valence-electron chi connectivity index (χ1n) is 6.50. The monoisotopic (exact) mass is 336 g/mol. The van der Waals surface area contributed by atoms with Crippen LogP contribution in [0.15, 0.2) is 34.1 Å². The molecule has 1 saturated heterocycles. The van der Waals surface area contributed by atoms with Crippen LogP contribution in [0.5, 0.6) is 11.5 Å². The summed E-state index contributed by atoms with van der Waals surface area (Å²) in [5.41, 5.74) is 0.601. The lowest BCUT2D eigenvalue weighted by Gasteiger charge is -2.02. The molecule has 0 amide bonds. The van der Waals surface area contributed by atoms with Gasteiger partial charge in [-0.2, -0.15) is 0 Å². The molecule has 22 heavy (non-hydrogen) atoms. The van der Waals surface area contributed by atoms with Crippen molar-refractivity contribution < 1.29 is 24.2 Å². The third kappa shape index (κ3) is 3.15. The second-order valence-electron chi connectivity index (χ2n) is 4.47. The van der Waals surface area contributed by atoms with Crippen LogP contribution < -0.4 is 9.47 Å². The number of ketones is 1. The minimum absolute atomic E-state index is 0.149. The van der Waals surface area contributed by atoms with Crippen molar-refractivity contribution in [2.45, 2.75) is 0 Å². The maximum Gasteiger partial charge on any atom is 0.341 e. The van der Waals surface area contributed by atoms with E-state index in [1.165, 1.54) is 29.6 Å². The number of benzene rings is 1. The Morgan fingerprint density at radius 1 is 1.14 bits per heavy atom. The predicted octanol–water partition coefficient (Wildman–Crippen LogP) is 2.77. The Hall–Kier alpha value is -1.86. The number of fused-ring (bicyclic) bond motifs is 1. The van der Waals surface area contributed by atoms with Crippen molar-refractivity contribution in [2.75, 3.05) is 18.3 Å². The van der Waals surface area contributed by atoms with E-state index < -0.39 is 11.8 Å². The Morgan fingerprint density at radius 2 is 1.86 bits per heavy atom. The fourth-order valence-corrected chi connectivity index (χ4v) is 4.56. The molecule has 2 heterocycles. The maximum atomic E-state index is 12.2. The maximum absolute atomic E-state index is 12.2. The zero-order valence-electron chi connectivity index (χ0n) is 11.4. The molecule has 5 nitrogen and oxygen atoms in total. The number of allylic oxidation sites excluding steroid dienone is 1. The van der Waals surface area contributed by atoms with Gasteiger partial charge in [0.2, 0.25) is 6.79 Å². The molecule has 0 aromatic heterocycles. The molecule has 0 saturated carbocycles. The van der Waals surface area contributed by atoms with Crippen molar-refractivity contribution in [2.24, 2.45) is 0 Å². The standard InChI is InChI=1S/C15H12O5S2/c16-10(13(14(17)18)15-21-5-6-22-15)3-1-9-2-4-11-12(7-9)20-8-19-11/h1-4,7H,5-6,8H2,(H,17,18)/b3-1+. The van der Waals surface area contributed by atoms with E-state index in [2.05, 4.69) is 0 Å². The van der Waals surface area contributed by atoms with Gasteiger partial charge in [0.1, 0.15) is 5.57 Å². The van der Waals surface area contributed by atoms with Gasteiger partial charge in [0, 0.05) is 11.5 Å². The number of carbonyl (C=O) groups is 2. The van der Waals surface area contributed by atoms with Crippen LogP contribution in [0.2, 0.25) is 0 Å². The lowest BCUT2D eigenvalue weighted by molar-refractivity contribution is -0.134. The van der Waals surface area contributed by atoms with Gasteiger partial charge in [0.05, 0.1) is 4.24 Å². The van der Waals surface area contributed by atoms with E-state index in [-0.39, 0.29) is 12.4 Å². The Balaban J connectivity index is 1.80. The van der Waals surface area contributed by atoms with Gasteiger partial charge in [-0.1, -0.05) is 12.1 Å². The smallest absolute Gasteiger partial charge is 0.341 e. The fourth-order valence-electron chi connectivity index (χ4n) is 2.02. The van der Waals surface area contributed by atoms with Gasteiger partial charge in [-0.25, -0.2) is 4.79 Å². The molecule has 0 spiro atoms. The second kappa shape index (κ2) is 6.50. The van der Waals surface area contributed by atoms with E-state index >= 15 is 0 Å². The summed E-state index contributed by atoms with van der Waals surface area (Å²) < 4.78 is 11.1. The third-order valence-electron chi connectivity index (χ3n) is 3.04. The van der Waals surface area contributed by atoms with Crippen LogP contribution in [0.25, 0.3) is 6.08 Å². The van der Waals surface area contributed by atoms with Gasteiger partial charge in [-0.05, 0) is 23.8 Å². The van der Waals surface area contributed by atoms with E-state index in [9.17, 15) is 14.7 Å². The molecular formula is C15H12O5S2. The summed E-state index contributed by atoms with van der Waals surface area (Å²) >= 11 is 2.83. The van der Waals surface area contributed by atoms with Crippen molar-refractivity contribution in [1.82, 2.24) is 0 Å². The molecule has 1 fully saturated rings. The molecule has 0 atom stereocenters. The molecule has 0 bridgehead atoms. The number of hydrogen-bond acceptors (Lipinski definition) is 6. The van der Waals surface area contributed by atoms with E-state index in [1.54, 1.807) is 24.3 Å². The molecule has 0 aliphatic carbocycles. The quantitative estimate of drug-likeness (QED) is 0.515. The summed E-state index contributed by atoms with van der Waals surface area (Å²) in [5.74, 6) is 1.26. The molecule has 1 N–H and O–H groups in total. The molecule has 2 aliphatic rings. The van der Waals surface area contributed by atoms with Crippen LogP contribution in [0.3, 0.4) is 0 Å². The number of aliphatic carboxylic acids is 1.